The van der Waals surface area contributed by atoms with Crippen molar-refractivity contribution in [1.29, 1.82) is 0 Å². The third kappa shape index (κ3) is 3.23. The largest absolute Gasteiger partial charge is 0.468 e. The van der Waals surface area contributed by atoms with Gasteiger partial charge in [-0.15, -0.1) is 0 Å². The van der Waals surface area contributed by atoms with Gasteiger partial charge in [0.25, 0.3) is 0 Å². The molecule has 1 fully saturated rings. The fourth-order valence-electron chi connectivity index (χ4n) is 1.68. The van der Waals surface area contributed by atoms with Gasteiger partial charge in [0.15, 0.2) is 0 Å². The van der Waals surface area contributed by atoms with Crippen molar-refractivity contribution in [2.24, 2.45) is 11.7 Å². The predicted molar refractivity (Wildman–Crippen MR) is 58.0 cm³/mol. The summed E-state index contributed by atoms with van der Waals surface area (Å²) in [6, 6.07) is 0. The number of rotatable bonds is 3. The summed E-state index contributed by atoms with van der Waals surface area (Å²) < 4.78 is 4.60. The van der Waals surface area contributed by atoms with Crippen LogP contribution in [0.2, 0.25) is 0 Å². The smallest absolute Gasteiger partial charge is 0.319 e. The van der Waals surface area contributed by atoms with Gasteiger partial charge < -0.3 is 10.5 Å². The number of hydrogen-bond acceptors (Lipinski definition) is 4. The number of piperidine rings is 1. The van der Waals surface area contributed by atoms with E-state index in [0.29, 0.717) is 11.5 Å². The molecule has 1 heterocycles. The number of nitrogens with two attached hydrogens (primary N) is 1. The molecule has 0 saturated carbocycles. The van der Waals surface area contributed by atoms with Gasteiger partial charge in [-0.2, -0.15) is 0 Å². The maximum Gasteiger partial charge on any atom is 0.319 e. The molecule has 0 amide bonds. The van der Waals surface area contributed by atoms with Crippen LogP contribution in [-0.2, 0) is 9.53 Å². The zero-order chi connectivity index (χ0) is 10.6. The molecule has 4 nitrogen and oxygen atoms in total. The molecule has 1 atom stereocenters. The molecular weight excluding hydrogens is 200 g/mol. The van der Waals surface area contributed by atoms with E-state index in [0.717, 1.165) is 25.9 Å². The van der Waals surface area contributed by atoms with Crippen LogP contribution in [0.4, 0.5) is 0 Å². The van der Waals surface area contributed by atoms with Crippen molar-refractivity contribution in [1.82, 2.24) is 4.90 Å². The average Bonchev–Trinajstić information content (AvgIpc) is 2.18. The number of esters is 1. The predicted octanol–water partition coefficient (Wildman–Crippen LogP) is 0.157. The highest BCUT2D eigenvalue weighted by atomic mass is 32.1. The van der Waals surface area contributed by atoms with E-state index in [1.807, 2.05) is 4.90 Å². The number of likely N-dealkylation sites (tertiary alicyclic amines) is 1. The summed E-state index contributed by atoms with van der Waals surface area (Å²) in [6.45, 7) is 2.05. The number of methoxy groups -OCH3 is 1. The first-order valence-electron chi connectivity index (χ1n) is 4.72. The van der Waals surface area contributed by atoms with Crippen molar-refractivity contribution in [3.8, 4) is 0 Å². The first-order chi connectivity index (χ1) is 6.63. The van der Waals surface area contributed by atoms with Gasteiger partial charge in [0.2, 0.25) is 0 Å². The van der Waals surface area contributed by atoms with Gasteiger partial charge in [-0.1, -0.05) is 12.2 Å². The Labute approximate surface area is 89.4 Å². The lowest BCUT2D eigenvalue weighted by Crippen LogP contribution is -2.42. The van der Waals surface area contributed by atoms with Crippen molar-refractivity contribution in [2.75, 3.05) is 26.7 Å². The van der Waals surface area contributed by atoms with E-state index in [1.165, 1.54) is 7.11 Å². The van der Waals surface area contributed by atoms with Crippen molar-refractivity contribution >= 4 is 23.2 Å². The van der Waals surface area contributed by atoms with Gasteiger partial charge in [0.05, 0.1) is 18.6 Å². The Bertz CT molecular complexity index is 233. The second-order valence-electron chi connectivity index (χ2n) is 3.55. The topological polar surface area (TPSA) is 55.6 Å². The molecule has 2 N–H and O–H groups in total. The molecule has 1 rings (SSSR count). The van der Waals surface area contributed by atoms with E-state index in [9.17, 15) is 4.79 Å². The summed E-state index contributed by atoms with van der Waals surface area (Å²) in [5.74, 6) is 0.0528. The fraction of sp³-hybridized carbons (Fsp3) is 0.778. The molecule has 0 aromatic rings. The molecule has 1 aliphatic rings. The fourth-order valence-corrected chi connectivity index (χ4v) is 1.87. The Morgan fingerprint density at radius 1 is 1.71 bits per heavy atom. The van der Waals surface area contributed by atoms with E-state index >= 15 is 0 Å². The van der Waals surface area contributed by atoms with Crippen molar-refractivity contribution in [3.05, 3.63) is 0 Å². The monoisotopic (exact) mass is 216 g/mol. The molecule has 1 aliphatic heterocycles. The molecule has 80 valence electrons. The molecular formula is C9H16N2O2S. The van der Waals surface area contributed by atoms with E-state index < -0.39 is 0 Å². The minimum atomic E-state index is -0.200. The second kappa shape index (κ2) is 5.26. The maximum absolute atomic E-state index is 11.0. The summed E-state index contributed by atoms with van der Waals surface area (Å²) >= 11 is 4.95. The van der Waals surface area contributed by atoms with Crippen molar-refractivity contribution in [3.63, 3.8) is 0 Å². The lowest BCUT2D eigenvalue weighted by Gasteiger charge is -2.31. The minimum Gasteiger partial charge on any atom is -0.468 e. The van der Waals surface area contributed by atoms with Gasteiger partial charge in [0.1, 0.15) is 0 Å². The lowest BCUT2D eigenvalue weighted by molar-refractivity contribution is -0.142. The zero-order valence-corrected chi connectivity index (χ0v) is 9.18. The van der Waals surface area contributed by atoms with Crippen LogP contribution in [0, 0.1) is 5.92 Å². The van der Waals surface area contributed by atoms with Crippen LogP contribution in [-0.4, -0.2) is 42.6 Å². The van der Waals surface area contributed by atoms with E-state index in [-0.39, 0.29) is 11.9 Å². The summed E-state index contributed by atoms with van der Waals surface area (Å²) in [5.41, 5.74) is 5.58. The van der Waals surface area contributed by atoms with Crippen molar-refractivity contribution in [2.45, 2.75) is 12.8 Å². The highest BCUT2D eigenvalue weighted by Crippen LogP contribution is 2.16. The van der Waals surface area contributed by atoms with Gasteiger partial charge in [-0.3, -0.25) is 9.69 Å². The molecule has 14 heavy (non-hydrogen) atoms. The Kier molecular flexibility index (Phi) is 4.28. The molecule has 0 radical (unpaired) electrons. The third-order valence-corrected chi connectivity index (χ3v) is 2.82. The average molecular weight is 216 g/mol. The first kappa shape index (κ1) is 11.4. The van der Waals surface area contributed by atoms with Gasteiger partial charge in [-0.25, -0.2) is 0 Å². The van der Waals surface area contributed by atoms with Crippen LogP contribution in [0.15, 0.2) is 0 Å². The minimum absolute atomic E-state index is 0.200. The number of hydrogen-bond donors (Lipinski definition) is 1. The van der Waals surface area contributed by atoms with E-state index in [2.05, 4.69) is 4.74 Å². The number of thiocarbonyl (C=S) groups is 1. The van der Waals surface area contributed by atoms with Crippen LogP contribution < -0.4 is 5.73 Å². The van der Waals surface area contributed by atoms with Crippen LogP contribution in [0.3, 0.4) is 0 Å². The SMILES string of the molecule is COC(=O)CN1CCCC(C(N)=S)C1. The highest BCUT2D eigenvalue weighted by molar-refractivity contribution is 7.80. The van der Waals surface area contributed by atoms with Gasteiger partial charge in [0, 0.05) is 12.5 Å². The summed E-state index contributed by atoms with van der Waals surface area (Å²) in [6.07, 6.45) is 2.08. The van der Waals surface area contributed by atoms with Crippen LogP contribution in [0.1, 0.15) is 12.8 Å². The quantitative estimate of drug-likeness (QED) is 0.538. The van der Waals surface area contributed by atoms with Gasteiger partial charge >= 0.3 is 5.97 Å². The van der Waals surface area contributed by atoms with E-state index in [4.69, 9.17) is 18.0 Å². The van der Waals surface area contributed by atoms with Crippen LogP contribution in [0.5, 0.6) is 0 Å². The Hall–Kier alpha value is -0.680. The Morgan fingerprint density at radius 2 is 2.43 bits per heavy atom. The summed E-state index contributed by atoms with van der Waals surface area (Å²) in [7, 11) is 1.40. The standard InChI is InChI=1S/C9H16N2O2S/c1-13-8(12)6-11-4-2-3-7(5-11)9(10)14/h7H,2-6H2,1H3,(H2,10,14). The molecule has 0 aliphatic carbocycles. The lowest BCUT2D eigenvalue weighted by atomic mass is 9.98. The number of ether oxygens (including phenoxy) is 1. The number of nitrogens with zero attached hydrogens (tertiary/aromatic N) is 1. The summed E-state index contributed by atoms with van der Waals surface area (Å²) in [4.78, 5) is 13.6. The normalized spacial score (nSPS) is 23.1. The number of carbonyl (C=O) groups is 1. The molecule has 0 spiro atoms. The van der Waals surface area contributed by atoms with Gasteiger partial charge in [-0.05, 0) is 19.4 Å². The molecule has 1 saturated heterocycles. The van der Waals surface area contributed by atoms with Crippen LogP contribution in [0.25, 0.3) is 0 Å². The zero-order valence-electron chi connectivity index (χ0n) is 8.36. The molecule has 0 aromatic heterocycles. The Morgan fingerprint density at radius 3 is 3.00 bits per heavy atom. The molecule has 0 aromatic carbocycles. The third-order valence-electron chi connectivity index (χ3n) is 2.49. The molecule has 5 heteroatoms. The second-order valence-corrected chi connectivity index (χ2v) is 4.02. The highest BCUT2D eigenvalue weighted by Gasteiger charge is 2.23. The number of carbonyl (C=O) groups excluding carboxylic acids is 1. The summed E-state index contributed by atoms with van der Waals surface area (Å²) in [5, 5.41) is 0. The Balaban J connectivity index is 2.40. The first-order valence-corrected chi connectivity index (χ1v) is 5.12. The molecule has 1 unspecified atom stereocenters. The van der Waals surface area contributed by atoms with E-state index in [1.54, 1.807) is 0 Å². The van der Waals surface area contributed by atoms with Crippen LogP contribution >= 0.6 is 12.2 Å². The maximum atomic E-state index is 11.0. The van der Waals surface area contributed by atoms with Crippen molar-refractivity contribution < 1.29 is 9.53 Å². The molecule has 0 bridgehead atoms.